The number of aldehydes is 1. The number of rotatable bonds is 3. The van der Waals surface area contributed by atoms with Crippen molar-refractivity contribution in [1.82, 2.24) is 0 Å². The highest BCUT2D eigenvalue weighted by Gasteiger charge is 2.51. The van der Waals surface area contributed by atoms with Crippen molar-refractivity contribution in [2.75, 3.05) is 0 Å². The summed E-state index contributed by atoms with van der Waals surface area (Å²) in [5, 5.41) is 18.0. The van der Waals surface area contributed by atoms with Gasteiger partial charge in [0.05, 0.1) is 11.8 Å². The van der Waals surface area contributed by atoms with Gasteiger partial charge in [-0.25, -0.2) is 0 Å². The third-order valence-electron chi connectivity index (χ3n) is 3.65. The van der Waals surface area contributed by atoms with Crippen molar-refractivity contribution in [2.45, 2.75) is 6.42 Å². The number of carboxylic acid groups (broad SMARTS) is 2. The van der Waals surface area contributed by atoms with Crippen LogP contribution in [0.3, 0.4) is 0 Å². The molecular weight excluding hydrogens is 212 g/mol. The molecule has 3 aliphatic carbocycles. The molecule has 2 N–H and O–H groups in total. The lowest BCUT2D eigenvalue weighted by atomic mass is 9.58. The molecule has 86 valence electrons. The van der Waals surface area contributed by atoms with E-state index in [9.17, 15) is 14.4 Å². The van der Waals surface area contributed by atoms with Crippen molar-refractivity contribution < 1.29 is 24.6 Å². The normalized spacial score (nSPS) is 40.6. The van der Waals surface area contributed by atoms with Gasteiger partial charge in [-0.05, 0) is 12.3 Å². The maximum absolute atomic E-state index is 11.0. The zero-order valence-electron chi connectivity index (χ0n) is 8.45. The van der Waals surface area contributed by atoms with Crippen LogP contribution in [0.15, 0.2) is 12.2 Å². The molecule has 0 aromatic heterocycles. The van der Waals surface area contributed by atoms with Gasteiger partial charge in [0.25, 0.3) is 0 Å². The first-order valence-electron chi connectivity index (χ1n) is 5.15. The summed E-state index contributed by atoms with van der Waals surface area (Å²) in [5.74, 6) is -4.86. The largest absolute Gasteiger partial charge is 0.481 e. The van der Waals surface area contributed by atoms with Crippen LogP contribution >= 0.6 is 0 Å². The molecule has 1 fully saturated rings. The summed E-state index contributed by atoms with van der Waals surface area (Å²) in [6.45, 7) is 0. The number of aliphatic carboxylic acids is 2. The molecule has 1 saturated carbocycles. The van der Waals surface area contributed by atoms with Crippen LogP contribution in [0.2, 0.25) is 0 Å². The van der Waals surface area contributed by atoms with Crippen LogP contribution < -0.4 is 0 Å². The SMILES string of the molecule is O=CC1C2C=CC(CC2C(=O)O)C1C(=O)O. The van der Waals surface area contributed by atoms with Gasteiger partial charge >= 0.3 is 11.9 Å². The standard InChI is InChI=1S/C11H12O5/c12-4-8-6-2-1-5(9(8)11(15)16)3-7(6)10(13)14/h1-2,4-9H,3H2,(H,13,14)(H,15,16). The van der Waals surface area contributed by atoms with Crippen LogP contribution in [0.1, 0.15) is 6.42 Å². The van der Waals surface area contributed by atoms with Gasteiger partial charge in [-0.15, -0.1) is 0 Å². The molecule has 0 aliphatic heterocycles. The van der Waals surface area contributed by atoms with Crippen LogP contribution in [0.5, 0.6) is 0 Å². The molecule has 3 aliphatic rings. The van der Waals surface area contributed by atoms with Gasteiger partial charge in [0.1, 0.15) is 6.29 Å². The zero-order chi connectivity index (χ0) is 11.9. The smallest absolute Gasteiger partial charge is 0.307 e. The summed E-state index contributed by atoms with van der Waals surface area (Å²) in [6, 6.07) is 0. The Kier molecular flexibility index (Phi) is 2.53. The van der Waals surface area contributed by atoms with Crippen molar-refractivity contribution in [3.05, 3.63) is 12.2 Å². The Hall–Kier alpha value is -1.65. The van der Waals surface area contributed by atoms with Gasteiger partial charge in [-0.2, -0.15) is 0 Å². The van der Waals surface area contributed by atoms with E-state index >= 15 is 0 Å². The van der Waals surface area contributed by atoms with Crippen molar-refractivity contribution >= 4 is 18.2 Å². The average Bonchev–Trinajstić information content (AvgIpc) is 2.27. The number of carbonyl (C=O) groups is 3. The van der Waals surface area contributed by atoms with Gasteiger partial charge in [0.15, 0.2) is 0 Å². The highest BCUT2D eigenvalue weighted by Crippen LogP contribution is 2.47. The second-order valence-electron chi connectivity index (χ2n) is 4.38. The molecule has 2 bridgehead atoms. The maximum atomic E-state index is 11.0. The molecule has 0 radical (unpaired) electrons. The van der Waals surface area contributed by atoms with E-state index in [2.05, 4.69) is 0 Å². The van der Waals surface area contributed by atoms with E-state index in [-0.39, 0.29) is 5.92 Å². The van der Waals surface area contributed by atoms with E-state index in [4.69, 9.17) is 10.2 Å². The fraction of sp³-hybridized carbons (Fsp3) is 0.545. The Bertz CT molecular complexity index is 373. The monoisotopic (exact) mass is 224 g/mol. The molecule has 3 rings (SSSR count). The van der Waals surface area contributed by atoms with Gasteiger partial charge in [-0.1, -0.05) is 12.2 Å². The predicted molar refractivity (Wildman–Crippen MR) is 52.5 cm³/mol. The Morgan fingerprint density at radius 3 is 2.38 bits per heavy atom. The molecule has 0 saturated heterocycles. The molecule has 0 spiro atoms. The number of carbonyl (C=O) groups excluding carboxylic acids is 1. The van der Waals surface area contributed by atoms with Crippen molar-refractivity contribution in [3.63, 3.8) is 0 Å². The minimum Gasteiger partial charge on any atom is -0.481 e. The first-order chi connectivity index (χ1) is 7.56. The lowest BCUT2D eigenvalue weighted by Gasteiger charge is -2.43. The van der Waals surface area contributed by atoms with E-state index in [1.165, 1.54) is 0 Å². The van der Waals surface area contributed by atoms with Crippen molar-refractivity contribution in [2.24, 2.45) is 29.6 Å². The summed E-state index contributed by atoms with van der Waals surface area (Å²) < 4.78 is 0. The fourth-order valence-electron chi connectivity index (χ4n) is 2.91. The van der Waals surface area contributed by atoms with Gasteiger partial charge in [0, 0.05) is 11.8 Å². The molecule has 0 heterocycles. The lowest BCUT2D eigenvalue weighted by molar-refractivity contribution is -0.157. The minimum absolute atomic E-state index is 0.317. The maximum Gasteiger partial charge on any atom is 0.307 e. The summed E-state index contributed by atoms with van der Waals surface area (Å²) in [6.07, 6.45) is 4.33. The second-order valence-corrected chi connectivity index (χ2v) is 4.38. The molecule has 0 aromatic rings. The second kappa shape index (κ2) is 3.73. The van der Waals surface area contributed by atoms with E-state index < -0.39 is 35.6 Å². The number of carboxylic acids is 2. The predicted octanol–water partition coefficient (Wildman–Crippen LogP) is 0.409. The quantitative estimate of drug-likeness (QED) is 0.535. The average molecular weight is 224 g/mol. The topological polar surface area (TPSA) is 91.7 Å². The first-order valence-corrected chi connectivity index (χ1v) is 5.15. The van der Waals surface area contributed by atoms with Crippen LogP contribution in [-0.4, -0.2) is 28.4 Å². The fourth-order valence-corrected chi connectivity index (χ4v) is 2.91. The molecule has 16 heavy (non-hydrogen) atoms. The first kappa shape index (κ1) is 10.9. The molecule has 0 aromatic carbocycles. The van der Waals surface area contributed by atoms with Crippen LogP contribution in [0, 0.1) is 29.6 Å². The Labute approximate surface area is 91.8 Å². The number of fused-ring (bicyclic) bond motifs is 2. The van der Waals surface area contributed by atoms with E-state index in [1.807, 2.05) is 0 Å². The molecule has 5 nitrogen and oxygen atoms in total. The summed E-state index contributed by atoms with van der Waals surface area (Å²) in [5.41, 5.74) is 0. The van der Waals surface area contributed by atoms with Gasteiger partial charge < -0.3 is 15.0 Å². The third-order valence-corrected chi connectivity index (χ3v) is 3.65. The number of hydrogen-bond acceptors (Lipinski definition) is 3. The lowest BCUT2D eigenvalue weighted by Crippen LogP contribution is -2.48. The van der Waals surface area contributed by atoms with Gasteiger partial charge in [0.2, 0.25) is 0 Å². The highest BCUT2D eigenvalue weighted by molar-refractivity contribution is 5.79. The Balaban J connectivity index is 2.35. The van der Waals surface area contributed by atoms with Crippen LogP contribution in [-0.2, 0) is 14.4 Å². The van der Waals surface area contributed by atoms with Crippen LogP contribution in [0.4, 0.5) is 0 Å². The summed E-state index contributed by atoms with van der Waals surface area (Å²) >= 11 is 0. The minimum atomic E-state index is -1.01. The zero-order valence-corrected chi connectivity index (χ0v) is 8.45. The number of hydrogen-bond donors (Lipinski definition) is 2. The molecule has 0 amide bonds. The molecule has 5 heteroatoms. The van der Waals surface area contributed by atoms with E-state index in [0.29, 0.717) is 12.7 Å². The van der Waals surface area contributed by atoms with Gasteiger partial charge in [-0.3, -0.25) is 9.59 Å². The summed E-state index contributed by atoms with van der Waals surface area (Å²) in [7, 11) is 0. The van der Waals surface area contributed by atoms with Crippen molar-refractivity contribution in [3.8, 4) is 0 Å². The Morgan fingerprint density at radius 2 is 1.88 bits per heavy atom. The van der Waals surface area contributed by atoms with Crippen LogP contribution in [0.25, 0.3) is 0 Å². The van der Waals surface area contributed by atoms with E-state index in [1.54, 1.807) is 12.2 Å². The Morgan fingerprint density at radius 1 is 1.19 bits per heavy atom. The molecule has 5 atom stereocenters. The highest BCUT2D eigenvalue weighted by atomic mass is 16.4. The number of allylic oxidation sites excluding steroid dienone is 2. The van der Waals surface area contributed by atoms with E-state index in [0.717, 1.165) is 0 Å². The summed E-state index contributed by atoms with van der Waals surface area (Å²) in [4.78, 5) is 33.0. The molecule has 5 unspecified atom stereocenters. The third kappa shape index (κ3) is 1.43. The molecular formula is C11H12O5. The van der Waals surface area contributed by atoms with Crippen molar-refractivity contribution in [1.29, 1.82) is 0 Å².